The van der Waals surface area contributed by atoms with Crippen molar-refractivity contribution in [3.63, 3.8) is 0 Å². The Labute approximate surface area is 181 Å². The van der Waals surface area contributed by atoms with Gasteiger partial charge in [0.05, 0.1) is 17.6 Å². The second-order valence-electron chi connectivity index (χ2n) is 6.88. The smallest absolute Gasteiger partial charge is 0.281 e. The summed E-state index contributed by atoms with van der Waals surface area (Å²) in [6.45, 7) is 2.60. The standard InChI is InChI=1S/C22H20N4O4S/c1-14-18(15-6-4-3-5-7-15)19-21(31-14)23-13-26(22(19)29)24-20(28)16-8-9-17(27)25(12-16)10-11-30-2/h3-9,12-13H,10-11H2,1-2H3,(H,24,28). The second kappa shape index (κ2) is 8.66. The number of benzene rings is 1. The number of methoxy groups -OCH3 is 1. The Morgan fingerprint density at radius 3 is 2.68 bits per heavy atom. The van der Waals surface area contributed by atoms with E-state index in [1.54, 1.807) is 0 Å². The highest BCUT2D eigenvalue weighted by Gasteiger charge is 2.18. The zero-order valence-corrected chi connectivity index (χ0v) is 17.8. The highest BCUT2D eigenvalue weighted by molar-refractivity contribution is 7.19. The molecular weight excluding hydrogens is 416 g/mol. The summed E-state index contributed by atoms with van der Waals surface area (Å²) in [6.07, 6.45) is 2.74. The number of nitrogens with one attached hydrogen (secondary N) is 1. The monoisotopic (exact) mass is 436 g/mol. The minimum atomic E-state index is -0.525. The lowest BCUT2D eigenvalue weighted by Gasteiger charge is -2.10. The molecule has 1 aromatic carbocycles. The molecule has 0 saturated carbocycles. The number of carbonyl (C=O) groups is 1. The predicted octanol–water partition coefficient (Wildman–Crippen LogP) is 2.63. The molecule has 0 aliphatic rings. The van der Waals surface area contributed by atoms with Crippen LogP contribution in [0.5, 0.6) is 0 Å². The number of hydrogen-bond acceptors (Lipinski definition) is 6. The fourth-order valence-electron chi connectivity index (χ4n) is 3.34. The molecule has 9 heteroatoms. The lowest BCUT2D eigenvalue weighted by atomic mass is 10.0. The topological polar surface area (TPSA) is 95.2 Å². The third-order valence-electron chi connectivity index (χ3n) is 4.86. The summed E-state index contributed by atoms with van der Waals surface area (Å²) in [5.41, 5.74) is 3.94. The number of aromatic nitrogens is 3. The molecule has 0 aliphatic carbocycles. The van der Waals surface area contributed by atoms with Crippen LogP contribution in [0.2, 0.25) is 0 Å². The van der Waals surface area contributed by atoms with Gasteiger partial charge < -0.3 is 9.30 Å². The first-order valence-electron chi connectivity index (χ1n) is 9.56. The molecule has 4 rings (SSSR count). The Morgan fingerprint density at radius 2 is 1.94 bits per heavy atom. The van der Waals surface area contributed by atoms with Gasteiger partial charge in [0.25, 0.3) is 17.0 Å². The van der Waals surface area contributed by atoms with Gasteiger partial charge in [-0.2, -0.15) is 0 Å². The molecule has 3 heterocycles. The van der Waals surface area contributed by atoms with E-state index < -0.39 is 5.91 Å². The van der Waals surface area contributed by atoms with Gasteiger partial charge in [-0.3, -0.25) is 19.8 Å². The van der Waals surface area contributed by atoms with Gasteiger partial charge in [-0.1, -0.05) is 30.3 Å². The van der Waals surface area contributed by atoms with Crippen LogP contribution >= 0.6 is 11.3 Å². The molecule has 8 nitrogen and oxygen atoms in total. The number of ether oxygens (including phenoxy) is 1. The number of rotatable bonds is 6. The summed E-state index contributed by atoms with van der Waals surface area (Å²) in [4.78, 5) is 43.9. The van der Waals surface area contributed by atoms with Gasteiger partial charge in [-0.25, -0.2) is 9.66 Å². The van der Waals surface area contributed by atoms with E-state index in [0.717, 1.165) is 20.7 Å². The fraction of sp³-hybridized carbons (Fsp3) is 0.182. The van der Waals surface area contributed by atoms with E-state index in [2.05, 4.69) is 10.4 Å². The average molecular weight is 436 g/mol. The van der Waals surface area contributed by atoms with Gasteiger partial charge in [-0.05, 0) is 18.6 Å². The molecule has 0 fully saturated rings. The number of hydrogen-bond donors (Lipinski definition) is 1. The Hall–Kier alpha value is -3.56. The van der Waals surface area contributed by atoms with Crippen LogP contribution in [-0.4, -0.2) is 33.9 Å². The third-order valence-corrected chi connectivity index (χ3v) is 5.87. The first kappa shape index (κ1) is 20.7. The van der Waals surface area contributed by atoms with Crippen molar-refractivity contribution in [3.8, 4) is 11.1 Å². The van der Waals surface area contributed by atoms with Crippen LogP contribution in [0.3, 0.4) is 0 Å². The Bertz CT molecular complexity index is 1370. The molecule has 0 unspecified atom stereocenters. The first-order valence-corrected chi connectivity index (χ1v) is 10.4. The maximum atomic E-state index is 13.2. The van der Waals surface area contributed by atoms with Crippen molar-refractivity contribution >= 4 is 27.5 Å². The molecule has 0 aliphatic heterocycles. The van der Waals surface area contributed by atoms with Crippen molar-refractivity contribution in [1.82, 2.24) is 14.2 Å². The van der Waals surface area contributed by atoms with Gasteiger partial charge in [0.2, 0.25) is 0 Å². The van der Waals surface area contributed by atoms with E-state index in [9.17, 15) is 14.4 Å². The zero-order chi connectivity index (χ0) is 22.0. The first-order chi connectivity index (χ1) is 15.0. The lowest BCUT2D eigenvalue weighted by Crippen LogP contribution is -2.34. The van der Waals surface area contributed by atoms with E-state index in [1.807, 2.05) is 37.3 Å². The van der Waals surface area contributed by atoms with Gasteiger partial charge in [-0.15, -0.1) is 11.3 Å². The number of fused-ring (bicyclic) bond motifs is 1. The van der Waals surface area contributed by atoms with E-state index in [-0.39, 0.29) is 16.7 Å². The molecule has 158 valence electrons. The summed E-state index contributed by atoms with van der Waals surface area (Å²) in [7, 11) is 1.53. The lowest BCUT2D eigenvalue weighted by molar-refractivity contribution is 0.101. The Morgan fingerprint density at radius 1 is 1.16 bits per heavy atom. The predicted molar refractivity (Wildman–Crippen MR) is 120 cm³/mol. The van der Waals surface area contributed by atoms with Crippen molar-refractivity contribution < 1.29 is 9.53 Å². The molecule has 0 radical (unpaired) electrons. The van der Waals surface area contributed by atoms with Crippen LogP contribution in [-0.2, 0) is 11.3 Å². The Balaban J connectivity index is 1.71. The molecule has 0 atom stereocenters. The van der Waals surface area contributed by atoms with Crippen molar-refractivity contribution in [2.75, 3.05) is 19.1 Å². The fourth-order valence-corrected chi connectivity index (χ4v) is 4.34. The zero-order valence-electron chi connectivity index (χ0n) is 17.0. The number of amides is 1. The molecular formula is C22H20N4O4S. The molecule has 0 bridgehead atoms. The van der Waals surface area contributed by atoms with Crippen LogP contribution in [0, 0.1) is 6.92 Å². The van der Waals surface area contributed by atoms with E-state index in [1.165, 1.54) is 47.7 Å². The highest BCUT2D eigenvalue weighted by atomic mass is 32.1. The highest BCUT2D eigenvalue weighted by Crippen LogP contribution is 2.35. The summed E-state index contributed by atoms with van der Waals surface area (Å²) >= 11 is 1.44. The van der Waals surface area contributed by atoms with Gasteiger partial charge in [0.1, 0.15) is 11.2 Å². The SMILES string of the molecule is COCCn1cc(C(=O)Nn2cnc3sc(C)c(-c4ccccc4)c3c2=O)ccc1=O. The van der Waals surface area contributed by atoms with Gasteiger partial charge >= 0.3 is 0 Å². The molecule has 0 spiro atoms. The maximum Gasteiger partial charge on any atom is 0.281 e. The summed E-state index contributed by atoms with van der Waals surface area (Å²) in [6, 6.07) is 12.3. The number of thiophene rings is 1. The molecule has 1 amide bonds. The normalized spacial score (nSPS) is 11.0. The van der Waals surface area contributed by atoms with E-state index in [4.69, 9.17) is 4.74 Å². The van der Waals surface area contributed by atoms with Crippen molar-refractivity contribution in [2.24, 2.45) is 0 Å². The summed E-state index contributed by atoms with van der Waals surface area (Å²) < 4.78 is 7.45. The van der Waals surface area contributed by atoms with Crippen LogP contribution in [0.4, 0.5) is 0 Å². The molecule has 31 heavy (non-hydrogen) atoms. The summed E-state index contributed by atoms with van der Waals surface area (Å²) in [5.74, 6) is -0.525. The minimum absolute atomic E-state index is 0.241. The van der Waals surface area contributed by atoms with Gasteiger partial charge in [0.15, 0.2) is 0 Å². The Kier molecular flexibility index (Phi) is 5.79. The van der Waals surface area contributed by atoms with E-state index >= 15 is 0 Å². The van der Waals surface area contributed by atoms with Crippen LogP contribution in [0.15, 0.2) is 64.6 Å². The van der Waals surface area contributed by atoms with Crippen molar-refractivity contribution in [1.29, 1.82) is 0 Å². The number of aryl methyl sites for hydroxylation is 1. The number of nitrogens with zero attached hydrogens (tertiary/aromatic N) is 3. The number of carbonyl (C=O) groups excluding carboxylic acids is 1. The largest absolute Gasteiger partial charge is 0.383 e. The quantitative estimate of drug-likeness (QED) is 0.501. The van der Waals surface area contributed by atoms with Crippen molar-refractivity contribution in [3.05, 3.63) is 86.1 Å². The second-order valence-corrected chi connectivity index (χ2v) is 8.09. The summed E-state index contributed by atoms with van der Waals surface area (Å²) in [5, 5.41) is 0.460. The molecule has 4 aromatic rings. The van der Waals surface area contributed by atoms with Gasteiger partial charge in [0, 0.05) is 36.4 Å². The maximum absolute atomic E-state index is 13.2. The van der Waals surface area contributed by atoms with Crippen LogP contribution < -0.4 is 16.5 Å². The molecule has 1 N–H and O–H groups in total. The third kappa shape index (κ3) is 4.05. The average Bonchev–Trinajstić information content (AvgIpc) is 3.12. The van der Waals surface area contributed by atoms with E-state index in [0.29, 0.717) is 23.4 Å². The molecule has 3 aromatic heterocycles. The molecule has 0 saturated heterocycles. The van der Waals surface area contributed by atoms with Crippen molar-refractivity contribution in [2.45, 2.75) is 13.5 Å². The number of pyridine rings is 1. The van der Waals surface area contributed by atoms with Crippen LogP contribution in [0.25, 0.3) is 21.3 Å². The minimum Gasteiger partial charge on any atom is -0.383 e. The van der Waals surface area contributed by atoms with Crippen LogP contribution in [0.1, 0.15) is 15.2 Å².